The van der Waals surface area contributed by atoms with E-state index >= 15 is 0 Å². The molecule has 0 radical (unpaired) electrons. The molecule has 0 saturated carbocycles. The third kappa shape index (κ3) is 1.36. The van der Waals surface area contributed by atoms with Gasteiger partial charge in [0.2, 0.25) is 0 Å². The van der Waals surface area contributed by atoms with Crippen molar-refractivity contribution in [3.63, 3.8) is 0 Å². The van der Waals surface area contributed by atoms with Gasteiger partial charge in [-0.05, 0) is 36.8 Å². The maximum Gasteiger partial charge on any atom is 0.167 e. The number of Topliss-reactive ketones (excluding diaryl/α,β-unsaturated/α-hetero) is 2. The molecule has 18 heavy (non-hydrogen) atoms. The molecule has 1 aromatic heterocycles. The molecular weight excluding hydrogens is 228 g/mol. The number of carbonyl (C=O) groups excluding carboxylic acids is 2. The normalized spacial score (nSPS) is 27.3. The molecule has 2 aliphatic rings. The topological polar surface area (TPSA) is 47.3 Å². The van der Waals surface area contributed by atoms with E-state index in [0.29, 0.717) is 24.2 Å². The van der Waals surface area contributed by atoms with Crippen LogP contribution < -0.4 is 0 Å². The lowest BCUT2D eigenvalue weighted by molar-refractivity contribution is -0.115. The summed E-state index contributed by atoms with van der Waals surface area (Å²) >= 11 is 0. The Bertz CT molecular complexity index is 589. The fourth-order valence-electron chi connectivity index (χ4n) is 3.23. The molecule has 2 aliphatic carbocycles. The zero-order chi connectivity index (χ0) is 13.0. The van der Waals surface area contributed by atoms with E-state index in [1.807, 2.05) is 13.8 Å². The van der Waals surface area contributed by atoms with Crippen LogP contribution in [0.3, 0.4) is 0 Å². The van der Waals surface area contributed by atoms with Crippen LogP contribution in [-0.4, -0.2) is 11.6 Å². The highest BCUT2D eigenvalue weighted by molar-refractivity contribution is 6.11. The van der Waals surface area contributed by atoms with Crippen molar-refractivity contribution >= 4 is 17.1 Å². The molecule has 0 amide bonds. The van der Waals surface area contributed by atoms with Crippen molar-refractivity contribution in [2.45, 2.75) is 33.6 Å². The van der Waals surface area contributed by atoms with Crippen molar-refractivity contribution in [3.05, 3.63) is 28.7 Å². The summed E-state index contributed by atoms with van der Waals surface area (Å²) in [6.07, 6.45) is 2.65. The van der Waals surface area contributed by atoms with Crippen LogP contribution in [0.1, 0.15) is 48.4 Å². The van der Waals surface area contributed by atoms with Gasteiger partial charge in [-0.25, -0.2) is 0 Å². The molecule has 2 atom stereocenters. The average molecular weight is 244 g/mol. The zero-order valence-corrected chi connectivity index (χ0v) is 10.9. The Morgan fingerprint density at radius 2 is 1.89 bits per heavy atom. The van der Waals surface area contributed by atoms with E-state index in [2.05, 4.69) is 6.92 Å². The minimum Gasteiger partial charge on any atom is -0.464 e. The number of allylic oxidation sites excluding steroid dienone is 2. The average Bonchev–Trinajstić information content (AvgIpc) is 2.78. The summed E-state index contributed by atoms with van der Waals surface area (Å²) in [5, 5.41) is 0. The fraction of sp³-hybridized carbons (Fsp3) is 0.467. The van der Waals surface area contributed by atoms with E-state index in [1.165, 1.54) is 0 Å². The number of rotatable bonds is 0. The van der Waals surface area contributed by atoms with Crippen LogP contribution in [0.5, 0.6) is 0 Å². The van der Waals surface area contributed by atoms with Crippen LogP contribution in [0.4, 0.5) is 0 Å². The molecule has 1 unspecified atom stereocenters. The summed E-state index contributed by atoms with van der Waals surface area (Å²) in [6, 6.07) is 0. The number of carbonyl (C=O) groups is 2. The quantitative estimate of drug-likeness (QED) is 0.704. The lowest BCUT2D eigenvalue weighted by Crippen LogP contribution is -2.12. The summed E-state index contributed by atoms with van der Waals surface area (Å²) in [4.78, 5) is 24.2. The van der Waals surface area contributed by atoms with Gasteiger partial charge in [0.25, 0.3) is 0 Å². The van der Waals surface area contributed by atoms with Gasteiger partial charge in [0, 0.05) is 18.4 Å². The van der Waals surface area contributed by atoms with E-state index in [4.69, 9.17) is 4.42 Å². The van der Waals surface area contributed by atoms with Gasteiger partial charge >= 0.3 is 0 Å². The number of hydrogen-bond acceptors (Lipinski definition) is 3. The summed E-state index contributed by atoms with van der Waals surface area (Å²) in [5.41, 5.74) is 3.31. The molecule has 0 spiro atoms. The molecule has 0 saturated heterocycles. The highest BCUT2D eigenvalue weighted by atomic mass is 16.3. The first-order valence-corrected chi connectivity index (χ1v) is 6.36. The van der Waals surface area contributed by atoms with Crippen molar-refractivity contribution in [1.29, 1.82) is 0 Å². The van der Waals surface area contributed by atoms with Gasteiger partial charge in [-0.1, -0.05) is 6.92 Å². The second kappa shape index (κ2) is 3.67. The van der Waals surface area contributed by atoms with Crippen LogP contribution in [0.2, 0.25) is 0 Å². The van der Waals surface area contributed by atoms with Crippen LogP contribution in [0, 0.1) is 18.8 Å². The number of aryl methyl sites for hydroxylation is 1. The van der Waals surface area contributed by atoms with Gasteiger partial charge in [-0.3, -0.25) is 9.59 Å². The second-order valence-electron chi connectivity index (χ2n) is 5.50. The van der Waals surface area contributed by atoms with E-state index in [1.54, 1.807) is 6.26 Å². The van der Waals surface area contributed by atoms with Gasteiger partial charge in [-0.15, -0.1) is 0 Å². The predicted molar refractivity (Wildman–Crippen MR) is 67.3 cm³/mol. The molecule has 3 heteroatoms. The van der Waals surface area contributed by atoms with Crippen molar-refractivity contribution < 1.29 is 14.0 Å². The third-order valence-electron chi connectivity index (χ3n) is 4.29. The standard InChI is InChI=1S/C15H16O3/c1-7-4-12(17)13-8(2)6-18-15(13)14-9(3)11(16)5-10(7)14/h6-7,10H,4-5H2,1-3H3/t7?,10-/m1/s1. The number of fused-ring (bicyclic) bond motifs is 3. The second-order valence-corrected chi connectivity index (χ2v) is 5.50. The number of ketones is 2. The molecular formula is C15H16O3. The summed E-state index contributed by atoms with van der Waals surface area (Å²) in [6.45, 7) is 5.79. The number of hydrogen-bond donors (Lipinski definition) is 0. The Morgan fingerprint density at radius 3 is 2.61 bits per heavy atom. The Labute approximate surface area is 106 Å². The highest BCUT2D eigenvalue weighted by Crippen LogP contribution is 2.46. The van der Waals surface area contributed by atoms with Gasteiger partial charge in [-0.2, -0.15) is 0 Å². The summed E-state index contributed by atoms with van der Waals surface area (Å²) in [5.74, 6) is 1.33. The molecule has 3 nitrogen and oxygen atoms in total. The maximum atomic E-state index is 12.2. The molecule has 0 aliphatic heterocycles. The van der Waals surface area contributed by atoms with E-state index < -0.39 is 0 Å². The Kier molecular flexibility index (Phi) is 2.34. The molecule has 94 valence electrons. The first-order valence-electron chi connectivity index (χ1n) is 6.36. The summed E-state index contributed by atoms with van der Waals surface area (Å²) < 4.78 is 5.59. The van der Waals surface area contributed by atoms with Gasteiger partial charge in [0.05, 0.1) is 11.8 Å². The Balaban J connectivity index is 2.29. The molecule has 0 N–H and O–H groups in total. The first kappa shape index (κ1) is 11.5. The lowest BCUT2D eigenvalue weighted by atomic mass is 9.86. The van der Waals surface area contributed by atoms with E-state index in [-0.39, 0.29) is 23.4 Å². The highest BCUT2D eigenvalue weighted by Gasteiger charge is 2.41. The molecule has 0 fully saturated rings. The molecule has 3 rings (SSSR count). The Morgan fingerprint density at radius 1 is 1.17 bits per heavy atom. The predicted octanol–water partition coefficient (Wildman–Crippen LogP) is 3.17. The molecule has 1 aromatic rings. The summed E-state index contributed by atoms with van der Waals surface area (Å²) in [7, 11) is 0. The van der Waals surface area contributed by atoms with Crippen LogP contribution in [-0.2, 0) is 4.79 Å². The van der Waals surface area contributed by atoms with Crippen molar-refractivity contribution in [3.8, 4) is 0 Å². The van der Waals surface area contributed by atoms with Gasteiger partial charge in [0.1, 0.15) is 5.76 Å². The number of furan rings is 1. The minimum atomic E-state index is 0.144. The first-order chi connectivity index (χ1) is 8.50. The largest absolute Gasteiger partial charge is 0.464 e. The SMILES string of the molecule is CC1=C2c3occ(C)c3C(=O)CC(C)[C@H]2CC1=O. The van der Waals surface area contributed by atoms with Gasteiger partial charge in [0.15, 0.2) is 11.6 Å². The van der Waals surface area contributed by atoms with Crippen LogP contribution in [0.25, 0.3) is 5.57 Å². The van der Waals surface area contributed by atoms with Crippen molar-refractivity contribution in [2.75, 3.05) is 0 Å². The molecule has 0 aromatic carbocycles. The zero-order valence-electron chi connectivity index (χ0n) is 10.9. The van der Waals surface area contributed by atoms with Crippen molar-refractivity contribution in [2.24, 2.45) is 11.8 Å². The van der Waals surface area contributed by atoms with Gasteiger partial charge < -0.3 is 4.42 Å². The van der Waals surface area contributed by atoms with Crippen molar-refractivity contribution in [1.82, 2.24) is 0 Å². The monoisotopic (exact) mass is 244 g/mol. The third-order valence-corrected chi connectivity index (χ3v) is 4.29. The molecule has 0 bridgehead atoms. The van der Waals surface area contributed by atoms with E-state index in [9.17, 15) is 9.59 Å². The Hall–Kier alpha value is -1.64. The van der Waals surface area contributed by atoms with Crippen LogP contribution >= 0.6 is 0 Å². The van der Waals surface area contributed by atoms with Crippen LogP contribution in [0.15, 0.2) is 16.3 Å². The smallest absolute Gasteiger partial charge is 0.167 e. The molecule has 1 heterocycles. The minimum absolute atomic E-state index is 0.144. The van der Waals surface area contributed by atoms with E-state index in [0.717, 1.165) is 16.7 Å². The lowest BCUT2D eigenvalue weighted by Gasteiger charge is -2.17. The maximum absolute atomic E-state index is 12.2. The fourth-order valence-corrected chi connectivity index (χ4v) is 3.23.